The summed E-state index contributed by atoms with van der Waals surface area (Å²) in [6.07, 6.45) is 0. The molecule has 20 heavy (non-hydrogen) atoms. The lowest BCUT2D eigenvalue weighted by Gasteiger charge is -2.09. The van der Waals surface area contributed by atoms with Gasteiger partial charge in [-0.3, -0.25) is 0 Å². The highest BCUT2D eigenvalue weighted by Crippen LogP contribution is 2.34. The van der Waals surface area contributed by atoms with Gasteiger partial charge < -0.3 is 10.5 Å². The smallest absolute Gasteiger partial charge is 0.166 e. The molecule has 1 heterocycles. The van der Waals surface area contributed by atoms with Crippen LogP contribution in [0.1, 0.15) is 5.01 Å². The molecule has 0 aliphatic heterocycles. The number of nitrogens with two attached hydrogens (primary N) is 1. The van der Waals surface area contributed by atoms with Gasteiger partial charge in [0.25, 0.3) is 0 Å². The number of nitrogens with zero attached hydrogens (tertiary/aromatic N) is 1. The van der Waals surface area contributed by atoms with Crippen LogP contribution in [0.15, 0.2) is 30.3 Å². The lowest BCUT2D eigenvalue weighted by Crippen LogP contribution is -1.94. The van der Waals surface area contributed by atoms with Gasteiger partial charge >= 0.3 is 0 Å². The van der Waals surface area contributed by atoms with Crippen molar-refractivity contribution >= 4 is 27.2 Å². The van der Waals surface area contributed by atoms with Gasteiger partial charge in [0.15, 0.2) is 17.3 Å². The van der Waals surface area contributed by atoms with E-state index >= 15 is 0 Å². The van der Waals surface area contributed by atoms with Crippen molar-refractivity contribution in [3.8, 4) is 11.5 Å². The first-order valence-corrected chi connectivity index (χ1v) is 6.64. The molecule has 0 aliphatic rings. The van der Waals surface area contributed by atoms with E-state index in [1.54, 1.807) is 12.1 Å². The summed E-state index contributed by atoms with van der Waals surface area (Å²) in [5.74, 6) is -1.18. The average molecular weight is 292 g/mol. The van der Waals surface area contributed by atoms with Gasteiger partial charge in [-0.05, 0) is 25.1 Å². The molecule has 0 amide bonds. The first-order chi connectivity index (χ1) is 9.52. The summed E-state index contributed by atoms with van der Waals surface area (Å²) in [6, 6.07) is 6.35. The van der Waals surface area contributed by atoms with Crippen molar-refractivity contribution < 1.29 is 13.5 Å². The van der Waals surface area contributed by atoms with Gasteiger partial charge in [-0.25, -0.2) is 13.8 Å². The van der Waals surface area contributed by atoms with Crippen LogP contribution < -0.4 is 10.5 Å². The van der Waals surface area contributed by atoms with Gasteiger partial charge in [-0.2, -0.15) is 0 Å². The zero-order valence-electron chi connectivity index (χ0n) is 10.5. The van der Waals surface area contributed by atoms with Gasteiger partial charge in [-0.15, -0.1) is 11.3 Å². The first kappa shape index (κ1) is 12.8. The van der Waals surface area contributed by atoms with Crippen molar-refractivity contribution in [3.63, 3.8) is 0 Å². The summed E-state index contributed by atoms with van der Waals surface area (Å²) in [4.78, 5) is 4.31. The average Bonchev–Trinajstić information content (AvgIpc) is 2.73. The largest absolute Gasteiger partial charge is 0.452 e. The molecule has 102 valence electrons. The molecule has 0 unspecified atom stereocenters. The molecule has 3 nitrogen and oxygen atoms in total. The van der Waals surface area contributed by atoms with Crippen LogP contribution in [0.25, 0.3) is 10.2 Å². The molecule has 1 aromatic heterocycles. The second-order valence-electron chi connectivity index (χ2n) is 4.27. The molecule has 2 N–H and O–H groups in total. The minimum absolute atomic E-state index is 0.206. The summed E-state index contributed by atoms with van der Waals surface area (Å²) < 4.78 is 33.0. The quantitative estimate of drug-likeness (QED) is 0.718. The molecule has 0 aliphatic carbocycles. The van der Waals surface area contributed by atoms with Crippen LogP contribution in [0.4, 0.5) is 14.5 Å². The molecular weight excluding hydrogens is 282 g/mol. The number of benzene rings is 2. The highest BCUT2D eigenvalue weighted by molar-refractivity contribution is 7.18. The SMILES string of the molecule is Cc1nc2cc(Oc3cc(F)ccc3F)c(N)cc2s1. The molecular formula is C14H10F2N2OS. The number of hydrogen-bond acceptors (Lipinski definition) is 4. The second-order valence-corrected chi connectivity index (χ2v) is 5.50. The Hall–Kier alpha value is -2.21. The molecule has 2 aromatic carbocycles. The number of aromatic nitrogens is 1. The van der Waals surface area contributed by atoms with E-state index in [0.717, 1.165) is 27.9 Å². The van der Waals surface area contributed by atoms with Crippen LogP contribution >= 0.6 is 11.3 Å². The third-order valence-corrected chi connectivity index (χ3v) is 3.67. The van der Waals surface area contributed by atoms with E-state index in [-0.39, 0.29) is 11.5 Å². The van der Waals surface area contributed by atoms with Crippen LogP contribution in [0.2, 0.25) is 0 Å². The third kappa shape index (κ3) is 2.30. The van der Waals surface area contributed by atoms with E-state index in [1.165, 1.54) is 11.3 Å². The van der Waals surface area contributed by atoms with E-state index in [2.05, 4.69) is 4.98 Å². The highest BCUT2D eigenvalue weighted by Gasteiger charge is 2.11. The van der Waals surface area contributed by atoms with E-state index in [4.69, 9.17) is 10.5 Å². The van der Waals surface area contributed by atoms with E-state index in [0.29, 0.717) is 11.2 Å². The lowest BCUT2D eigenvalue weighted by molar-refractivity contribution is 0.438. The summed E-state index contributed by atoms with van der Waals surface area (Å²) in [5, 5.41) is 0.897. The second kappa shape index (κ2) is 4.72. The van der Waals surface area contributed by atoms with Gasteiger partial charge in [0.1, 0.15) is 5.82 Å². The number of anilines is 1. The standard InChI is InChI=1S/C14H10F2N2OS/c1-7-18-11-6-13(10(17)5-14(11)20-7)19-12-4-8(15)2-3-9(12)16/h2-6H,17H2,1H3. The van der Waals surface area contributed by atoms with E-state index in [1.807, 2.05) is 6.92 Å². The Morgan fingerprint density at radius 2 is 1.95 bits per heavy atom. The Morgan fingerprint density at radius 1 is 1.15 bits per heavy atom. The Kier molecular flexibility index (Phi) is 3.02. The summed E-state index contributed by atoms with van der Waals surface area (Å²) in [7, 11) is 0. The molecule has 0 spiro atoms. The van der Waals surface area contributed by atoms with Crippen LogP contribution in [0.5, 0.6) is 11.5 Å². The van der Waals surface area contributed by atoms with Crippen LogP contribution in [-0.4, -0.2) is 4.98 Å². The maximum Gasteiger partial charge on any atom is 0.166 e. The van der Waals surface area contributed by atoms with Gasteiger partial charge in [0.05, 0.1) is 20.9 Å². The number of halogens is 2. The summed E-state index contributed by atoms with van der Waals surface area (Å²) >= 11 is 1.51. The fraction of sp³-hybridized carbons (Fsp3) is 0.0714. The number of thiazole rings is 1. The van der Waals surface area contributed by atoms with Crippen molar-refractivity contribution in [3.05, 3.63) is 47.0 Å². The number of fused-ring (bicyclic) bond motifs is 1. The Labute approximate surface area is 117 Å². The molecule has 0 bridgehead atoms. The maximum absolute atomic E-state index is 13.6. The van der Waals surface area contributed by atoms with Crippen LogP contribution in [0.3, 0.4) is 0 Å². The number of nitrogen functional groups attached to an aromatic ring is 1. The normalized spacial score (nSPS) is 10.9. The first-order valence-electron chi connectivity index (χ1n) is 5.82. The van der Waals surface area contributed by atoms with Gasteiger partial charge in [0.2, 0.25) is 0 Å². The molecule has 6 heteroatoms. The molecule has 0 radical (unpaired) electrons. The Balaban J connectivity index is 2.05. The van der Waals surface area contributed by atoms with E-state index in [9.17, 15) is 8.78 Å². The van der Waals surface area contributed by atoms with E-state index < -0.39 is 11.6 Å². The fourth-order valence-corrected chi connectivity index (χ4v) is 2.71. The van der Waals surface area contributed by atoms with Crippen LogP contribution in [-0.2, 0) is 0 Å². The monoisotopic (exact) mass is 292 g/mol. The number of aryl methyl sites for hydroxylation is 1. The highest BCUT2D eigenvalue weighted by atomic mass is 32.1. The zero-order valence-corrected chi connectivity index (χ0v) is 11.3. The topological polar surface area (TPSA) is 48.1 Å². The van der Waals surface area contributed by atoms with Crippen molar-refractivity contribution in [1.82, 2.24) is 4.98 Å². The van der Waals surface area contributed by atoms with Crippen molar-refractivity contribution in [2.45, 2.75) is 6.92 Å². The predicted molar refractivity (Wildman–Crippen MR) is 75.2 cm³/mol. The predicted octanol–water partition coefficient (Wildman–Crippen LogP) is 4.26. The molecule has 0 saturated heterocycles. The Bertz CT molecular complexity index is 801. The van der Waals surface area contributed by atoms with Crippen molar-refractivity contribution in [2.75, 3.05) is 5.73 Å². The number of rotatable bonds is 2. The Morgan fingerprint density at radius 3 is 2.75 bits per heavy atom. The number of hydrogen-bond donors (Lipinski definition) is 1. The fourth-order valence-electron chi connectivity index (χ4n) is 1.85. The van der Waals surface area contributed by atoms with Gasteiger partial charge in [0, 0.05) is 12.1 Å². The van der Waals surface area contributed by atoms with Crippen molar-refractivity contribution in [1.29, 1.82) is 0 Å². The number of ether oxygens (including phenoxy) is 1. The van der Waals surface area contributed by atoms with Crippen molar-refractivity contribution in [2.24, 2.45) is 0 Å². The summed E-state index contributed by atoms with van der Waals surface area (Å²) in [5.41, 5.74) is 6.94. The van der Waals surface area contributed by atoms with Crippen LogP contribution in [0, 0.1) is 18.6 Å². The zero-order chi connectivity index (χ0) is 14.3. The minimum Gasteiger partial charge on any atom is -0.452 e. The molecule has 0 atom stereocenters. The van der Waals surface area contributed by atoms with Gasteiger partial charge in [-0.1, -0.05) is 0 Å². The molecule has 3 aromatic rings. The molecule has 3 rings (SSSR count). The molecule has 0 fully saturated rings. The lowest BCUT2D eigenvalue weighted by atomic mass is 10.2. The third-order valence-electron chi connectivity index (χ3n) is 2.74. The summed E-state index contributed by atoms with van der Waals surface area (Å²) in [6.45, 7) is 1.88. The minimum atomic E-state index is -0.652. The molecule has 0 saturated carbocycles. The maximum atomic E-state index is 13.6.